The Kier molecular flexibility index (Phi) is 9.23. The summed E-state index contributed by atoms with van der Waals surface area (Å²) in [6.45, 7) is 10.4. The van der Waals surface area contributed by atoms with Crippen molar-refractivity contribution in [2.45, 2.75) is 47.2 Å². The van der Waals surface area contributed by atoms with E-state index in [0.717, 1.165) is 0 Å². The largest absolute Gasteiger partial charge is 0.306 e. The van der Waals surface area contributed by atoms with E-state index in [4.69, 9.17) is 0 Å². The molecule has 0 fully saturated rings. The molecule has 5 heteroatoms. The van der Waals surface area contributed by atoms with Gasteiger partial charge in [0.1, 0.15) is 0 Å². The van der Waals surface area contributed by atoms with Gasteiger partial charge in [-0.05, 0) is 13.8 Å². The number of alkyl halides is 1. The number of amides is 1. The standard InChI is InChI=1S/C8H12FN3O.2C2H6/c1-8(2,9)7(13)10-6-4-5-12(3)11-6;2*1-2/h4-5H,1-3H3,(H,10,11,13);2*1-2H3. The third-order valence-electron chi connectivity index (χ3n) is 1.50. The quantitative estimate of drug-likeness (QED) is 0.870. The molecule has 100 valence electrons. The minimum atomic E-state index is -1.88. The number of hydrogen-bond acceptors (Lipinski definition) is 2. The molecule has 0 radical (unpaired) electrons. The fraction of sp³-hybridized carbons (Fsp3) is 0.667. The van der Waals surface area contributed by atoms with E-state index in [1.807, 2.05) is 27.7 Å². The van der Waals surface area contributed by atoms with Gasteiger partial charge in [0.2, 0.25) is 0 Å². The third kappa shape index (κ3) is 7.49. The molecule has 1 amide bonds. The van der Waals surface area contributed by atoms with E-state index in [0.29, 0.717) is 5.82 Å². The number of nitrogens with one attached hydrogen (secondary N) is 1. The van der Waals surface area contributed by atoms with Gasteiger partial charge >= 0.3 is 0 Å². The maximum Gasteiger partial charge on any atom is 0.262 e. The number of hydrogen-bond donors (Lipinski definition) is 1. The molecule has 0 saturated carbocycles. The minimum Gasteiger partial charge on any atom is -0.306 e. The smallest absolute Gasteiger partial charge is 0.262 e. The lowest BCUT2D eigenvalue weighted by Crippen LogP contribution is -2.32. The number of anilines is 1. The van der Waals surface area contributed by atoms with Crippen LogP contribution in [0.25, 0.3) is 0 Å². The molecular formula is C12H24FN3O. The molecule has 0 saturated heterocycles. The van der Waals surface area contributed by atoms with Gasteiger partial charge in [-0.2, -0.15) is 5.10 Å². The predicted molar refractivity (Wildman–Crippen MR) is 69.7 cm³/mol. The summed E-state index contributed by atoms with van der Waals surface area (Å²) in [7, 11) is 1.72. The Morgan fingerprint density at radius 1 is 1.35 bits per heavy atom. The summed E-state index contributed by atoms with van der Waals surface area (Å²) >= 11 is 0. The molecule has 1 heterocycles. The molecule has 0 atom stereocenters. The van der Waals surface area contributed by atoms with Crippen LogP contribution in [-0.2, 0) is 11.8 Å². The Hall–Kier alpha value is -1.39. The zero-order valence-corrected chi connectivity index (χ0v) is 11.8. The van der Waals surface area contributed by atoms with Crippen molar-refractivity contribution in [2.24, 2.45) is 7.05 Å². The van der Waals surface area contributed by atoms with Gasteiger partial charge in [-0.3, -0.25) is 9.48 Å². The van der Waals surface area contributed by atoms with Crippen LogP contribution >= 0.6 is 0 Å². The molecule has 1 aromatic heterocycles. The highest BCUT2D eigenvalue weighted by atomic mass is 19.1. The summed E-state index contributed by atoms with van der Waals surface area (Å²) in [5.41, 5.74) is -1.88. The van der Waals surface area contributed by atoms with Crippen LogP contribution in [0.5, 0.6) is 0 Å². The first-order valence-electron chi connectivity index (χ1n) is 5.89. The maximum absolute atomic E-state index is 13.0. The SMILES string of the molecule is CC.CC.Cn1ccc(NC(=O)C(C)(C)F)n1. The van der Waals surface area contributed by atoms with Crippen molar-refractivity contribution in [1.29, 1.82) is 0 Å². The summed E-state index contributed by atoms with van der Waals surface area (Å²) < 4.78 is 14.6. The molecule has 1 aromatic rings. The number of nitrogens with zero attached hydrogens (tertiary/aromatic N) is 2. The van der Waals surface area contributed by atoms with Gasteiger partial charge in [0.25, 0.3) is 5.91 Å². The van der Waals surface area contributed by atoms with Crippen molar-refractivity contribution in [3.63, 3.8) is 0 Å². The Bertz CT molecular complexity index is 316. The van der Waals surface area contributed by atoms with Gasteiger partial charge in [0.15, 0.2) is 11.5 Å². The normalized spacial score (nSPS) is 9.41. The van der Waals surface area contributed by atoms with Crippen LogP contribution < -0.4 is 5.32 Å². The van der Waals surface area contributed by atoms with Gasteiger partial charge in [-0.25, -0.2) is 4.39 Å². The summed E-state index contributed by atoms with van der Waals surface area (Å²) in [6, 6.07) is 1.60. The Balaban J connectivity index is 0. The van der Waals surface area contributed by atoms with Crippen LogP contribution in [0.4, 0.5) is 10.2 Å². The second-order valence-electron chi connectivity index (χ2n) is 3.30. The molecular weight excluding hydrogens is 221 g/mol. The molecule has 1 rings (SSSR count). The Labute approximate surface area is 103 Å². The van der Waals surface area contributed by atoms with E-state index >= 15 is 0 Å². The molecule has 0 aliphatic rings. The van der Waals surface area contributed by atoms with Crippen LogP contribution in [0, 0.1) is 0 Å². The highest BCUT2D eigenvalue weighted by molar-refractivity contribution is 5.95. The first-order chi connectivity index (χ1) is 7.89. The molecule has 0 spiro atoms. The first kappa shape index (κ1) is 18.0. The van der Waals surface area contributed by atoms with Crippen molar-refractivity contribution in [3.05, 3.63) is 12.3 Å². The van der Waals surface area contributed by atoms with E-state index in [2.05, 4.69) is 10.4 Å². The number of carbonyl (C=O) groups is 1. The average molecular weight is 245 g/mol. The highest BCUT2D eigenvalue weighted by Crippen LogP contribution is 2.11. The fourth-order valence-corrected chi connectivity index (χ4v) is 0.747. The van der Waals surface area contributed by atoms with Crippen molar-refractivity contribution in [2.75, 3.05) is 5.32 Å². The van der Waals surface area contributed by atoms with Crippen molar-refractivity contribution < 1.29 is 9.18 Å². The highest BCUT2D eigenvalue weighted by Gasteiger charge is 2.26. The summed E-state index contributed by atoms with van der Waals surface area (Å²) in [4.78, 5) is 11.1. The Morgan fingerprint density at radius 3 is 2.12 bits per heavy atom. The monoisotopic (exact) mass is 245 g/mol. The van der Waals surface area contributed by atoms with Crippen molar-refractivity contribution >= 4 is 11.7 Å². The number of aromatic nitrogens is 2. The van der Waals surface area contributed by atoms with Crippen molar-refractivity contribution in [3.8, 4) is 0 Å². The van der Waals surface area contributed by atoms with Crippen molar-refractivity contribution in [1.82, 2.24) is 9.78 Å². The van der Waals surface area contributed by atoms with Gasteiger partial charge in [-0.1, -0.05) is 27.7 Å². The number of aryl methyl sites for hydroxylation is 1. The number of halogens is 1. The molecule has 17 heavy (non-hydrogen) atoms. The van der Waals surface area contributed by atoms with Gasteiger partial charge in [0.05, 0.1) is 0 Å². The second kappa shape index (κ2) is 8.73. The molecule has 4 nitrogen and oxygen atoms in total. The predicted octanol–water partition coefficient (Wildman–Crippen LogP) is 3.16. The first-order valence-corrected chi connectivity index (χ1v) is 5.89. The minimum absolute atomic E-state index is 0.359. The lowest BCUT2D eigenvalue weighted by molar-refractivity contribution is -0.125. The van der Waals surface area contributed by atoms with Crippen LogP contribution in [0.3, 0.4) is 0 Å². The number of carbonyl (C=O) groups excluding carboxylic acids is 1. The second-order valence-corrected chi connectivity index (χ2v) is 3.30. The van der Waals surface area contributed by atoms with E-state index in [1.165, 1.54) is 18.5 Å². The van der Waals surface area contributed by atoms with E-state index < -0.39 is 11.6 Å². The zero-order valence-electron chi connectivity index (χ0n) is 11.8. The topological polar surface area (TPSA) is 46.9 Å². The van der Waals surface area contributed by atoms with Crippen LogP contribution in [-0.4, -0.2) is 21.4 Å². The lowest BCUT2D eigenvalue weighted by atomic mass is 10.1. The van der Waals surface area contributed by atoms with Crippen LogP contribution in [0.2, 0.25) is 0 Å². The van der Waals surface area contributed by atoms with Gasteiger partial charge in [-0.15, -0.1) is 0 Å². The van der Waals surface area contributed by atoms with Gasteiger partial charge < -0.3 is 5.32 Å². The Morgan fingerprint density at radius 2 is 1.82 bits per heavy atom. The van der Waals surface area contributed by atoms with E-state index in [-0.39, 0.29) is 0 Å². The fourth-order valence-electron chi connectivity index (χ4n) is 0.747. The molecule has 0 bridgehead atoms. The molecule has 0 aliphatic heterocycles. The van der Waals surface area contributed by atoms with Crippen LogP contribution in [0.1, 0.15) is 41.5 Å². The summed E-state index contributed by atoms with van der Waals surface area (Å²) in [6.07, 6.45) is 1.67. The summed E-state index contributed by atoms with van der Waals surface area (Å²) in [5, 5.41) is 6.24. The van der Waals surface area contributed by atoms with Crippen LogP contribution in [0.15, 0.2) is 12.3 Å². The summed E-state index contributed by atoms with van der Waals surface area (Å²) in [5.74, 6) is -0.329. The molecule has 0 unspecified atom stereocenters. The molecule has 1 N–H and O–H groups in total. The third-order valence-corrected chi connectivity index (χ3v) is 1.50. The number of rotatable bonds is 2. The molecule has 0 aliphatic carbocycles. The average Bonchev–Trinajstić information content (AvgIpc) is 2.68. The van der Waals surface area contributed by atoms with E-state index in [9.17, 15) is 9.18 Å². The maximum atomic E-state index is 13.0. The van der Waals surface area contributed by atoms with Gasteiger partial charge in [0, 0.05) is 19.3 Å². The van der Waals surface area contributed by atoms with E-state index in [1.54, 1.807) is 19.3 Å². The lowest BCUT2D eigenvalue weighted by Gasteiger charge is -2.11. The zero-order chi connectivity index (χ0) is 14.1. The molecule has 0 aromatic carbocycles.